The Morgan fingerprint density at radius 3 is 2.12 bits per heavy atom. The molecule has 4 unspecified atom stereocenters. The summed E-state index contributed by atoms with van der Waals surface area (Å²) in [6, 6.07) is 8.32. The summed E-state index contributed by atoms with van der Waals surface area (Å²) < 4.78 is 6.32. The highest BCUT2D eigenvalue weighted by Gasteiger charge is 2.53. The zero-order valence-corrected chi connectivity index (χ0v) is 19.6. The summed E-state index contributed by atoms with van der Waals surface area (Å²) in [7, 11) is 0. The van der Waals surface area contributed by atoms with Crippen LogP contribution in [0.2, 0.25) is 0 Å². The lowest BCUT2D eigenvalue weighted by Crippen LogP contribution is -2.47. The van der Waals surface area contributed by atoms with Crippen molar-refractivity contribution >= 4 is 17.5 Å². The Morgan fingerprint density at radius 1 is 0.853 bits per heavy atom. The van der Waals surface area contributed by atoms with Crippen LogP contribution in [0.5, 0.6) is 5.75 Å². The molecule has 1 aromatic rings. The Labute approximate surface area is 200 Å². The van der Waals surface area contributed by atoms with E-state index in [1.807, 2.05) is 6.07 Å². The maximum Gasteiger partial charge on any atom is 0.236 e. The van der Waals surface area contributed by atoms with Gasteiger partial charge in [0.1, 0.15) is 5.75 Å². The molecule has 4 aliphatic rings. The lowest BCUT2D eigenvalue weighted by Gasteiger charge is -2.37. The van der Waals surface area contributed by atoms with E-state index in [4.69, 9.17) is 4.74 Å². The fourth-order valence-corrected chi connectivity index (χ4v) is 5.85. The number of nitrogens with zero attached hydrogens (tertiary/aromatic N) is 3. The summed E-state index contributed by atoms with van der Waals surface area (Å²) in [5.41, 5.74) is 1.16. The van der Waals surface area contributed by atoms with Gasteiger partial charge < -0.3 is 19.8 Å². The van der Waals surface area contributed by atoms with Crippen LogP contribution in [0.3, 0.4) is 0 Å². The predicted octanol–water partition coefficient (Wildman–Crippen LogP) is 1.41. The number of aliphatic hydroxyl groups is 2. The number of hydrogen-bond donors (Lipinski definition) is 2. The Morgan fingerprint density at radius 2 is 1.47 bits per heavy atom. The van der Waals surface area contributed by atoms with Gasteiger partial charge in [-0.3, -0.25) is 19.4 Å². The molecule has 0 radical (unpaired) electrons. The number of amides is 2. The largest absolute Gasteiger partial charge is 0.488 e. The minimum atomic E-state index is -1.01. The number of para-hydroxylation sites is 2. The van der Waals surface area contributed by atoms with Crippen LogP contribution in [0.4, 0.5) is 5.69 Å². The summed E-state index contributed by atoms with van der Waals surface area (Å²) in [4.78, 5) is 31.4. The van der Waals surface area contributed by atoms with E-state index in [9.17, 15) is 19.8 Å². The molecule has 5 rings (SSSR count). The third-order valence-electron chi connectivity index (χ3n) is 7.76. The highest BCUT2D eigenvalue weighted by molar-refractivity contribution is 6.06. The molecule has 34 heavy (non-hydrogen) atoms. The van der Waals surface area contributed by atoms with E-state index in [2.05, 4.69) is 28.0 Å². The molecular formula is C26H35N3O5. The molecule has 8 heteroatoms. The molecular weight excluding hydrogens is 434 g/mol. The first-order valence-corrected chi connectivity index (χ1v) is 12.7. The number of carbonyl (C=O) groups excluding carboxylic acids is 2. The molecule has 0 aromatic heterocycles. The summed E-state index contributed by atoms with van der Waals surface area (Å²) in [6.45, 7) is 4.74. The lowest BCUT2D eigenvalue weighted by atomic mass is 9.81. The molecule has 8 nitrogen and oxygen atoms in total. The quantitative estimate of drug-likeness (QED) is 0.461. The zero-order chi connectivity index (χ0) is 23.7. The van der Waals surface area contributed by atoms with Crippen molar-refractivity contribution in [3.63, 3.8) is 0 Å². The SMILES string of the molecule is O=C1C2C(O)C=CC(O)C2C(=O)N1CCCN1CCN(c2ccccc2OC2CCCC2)CC1. The number of benzene rings is 1. The molecule has 2 aliphatic heterocycles. The van der Waals surface area contributed by atoms with Gasteiger partial charge in [0.15, 0.2) is 0 Å². The number of imide groups is 1. The van der Waals surface area contributed by atoms with Crippen molar-refractivity contribution < 1.29 is 24.5 Å². The van der Waals surface area contributed by atoms with Crippen LogP contribution in [0, 0.1) is 11.8 Å². The normalized spacial score (nSPS) is 30.3. The third-order valence-corrected chi connectivity index (χ3v) is 7.76. The monoisotopic (exact) mass is 469 g/mol. The third kappa shape index (κ3) is 4.59. The molecule has 2 amide bonds. The number of piperazine rings is 1. The second-order valence-electron chi connectivity index (χ2n) is 9.92. The maximum absolute atomic E-state index is 12.7. The van der Waals surface area contributed by atoms with E-state index >= 15 is 0 Å². The first-order chi connectivity index (χ1) is 16.5. The van der Waals surface area contributed by atoms with E-state index in [-0.39, 0.29) is 11.8 Å². The van der Waals surface area contributed by atoms with E-state index in [1.165, 1.54) is 29.9 Å². The number of anilines is 1. The van der Waals surface area contributed by atoms with E-state index in [0.29, 0.717) is 19.1 Å². The Balaban J connectivity index is 1.11. The topological polar surface area (TPSA) is 93.5 Å². The smallest absolute Gasteiger partial charge is 0.236 e. The van der Waals surface area contributed by atoms with E-state index < -0.39 is 24.0 Å². The van der Waals surface area contributed by atoms with Gasteiger partial charge in [-0.05, 0) is 50.8 Å². The first-order valence-electron chi connectivity index (χ1n) is 12.7. The van der Waals surface area contributed by atoms with Gasteiger partial charge in [0, 0.05) is 32.7 Å². The van der Waals surface area contributed by atoms with Crippen molar-refractivity contribution in [3.8, 4) is 5.75 Å². The summed E-state index contributed by atoms with van der Waals surface area (Å²) in [5.74, 6) is -1.47. The molecule has 2 saturated heterocycles. The summed E-state index contributed by atoms with van der Waals surface area (Å²) >= 11 is 0. The Hall–Kier alpha value is -2.42. The molecule has 2 aliphatic carbocycles. The van der Waals surface area contributed by atoms with Crippen LogP contribution >= 0.6 is 0 Å². The minimum absolute atomic E-state index is 0.322. The maximum atomic E-state index is 12.7. The van der Waals surface area contributed by atoms with Gasteiger partial charge >= 0.3 is 0 Å². The second kappa shape index (κ2) is 10.1. The number of aliphatic hydroxyl groups excluding tert-OH is 2. The molecule has 4 atom stereocenters. The molecule has 184 valence electrons. The number of rotatable bonds is 7. The molecule has 1 aromatic carbocycles. The predicted molar refractivity (Wildman–Crippen MR) is 127 cm³/mol. The standard InChI is InChI=1S/C26H35N3O5/c30-20-10-11-21(31)24-23(20)25(32)29(26(24)33)13-5-12-27-14-16-28(17-15-27)19-8-3-4-9-22(19)34-18-6-1-2-7-18/h3-4,8-11,18,20-21,23-24,30-31H,1-2,5-7,12-17H2. The van der Waals surface area contributed by atoms with Crippen molar-refractivity contribution in [2.24, 2.45) is 11.8 Å². The van der Waals surface area contributed by atoms with Crippen LogP contribution in [0.25, 0.3) is 0 Å². The Kier molecular flexibility index (Phi) is 6.90. The van der Waals surface area contributed by atoms with Crippen LogP contribution < -0.4 is 9.64 Å². The number of carbonyl (C=O) groups is 2. The summed E-state index contributed by atoms with van der Waals surface area (Å²) in [6.07, 6.45) is 6.59. The molecule has 0 spiro atoms. The van der Waals surface area contributed by atoms with Gasteiger partial charge in [0.25, 0.3) is 0 Å². The van der Waals surface area contributed by atoms with Crippen LogP contribution in [-0.2, 0) is 9.59 Å². The van der Waals surface area contributed by atoms with Gasteiger partial charge in [0.05, 0.1) is 35.8 Å². The average Bonchev–Trinajstić information content (AvgIpc) is 3.45. The Bertz CT molecular complexity index is 893. The number of hydrogen-bond acceptors (Lipinski definition) is 7. The average molecular weight is 470 g/mol. The molecule has 3 fully saturated rings. The van der Waals surface area contributed by atoms with Gasteiger partial charge in [-0.25, -0.2) is 0 Å². The van der Waals surface area contributed by atoms with Gasteiger partial charge in [-0.15, -0.1) is 0 Å². The van der Waals surface area contributed by atoms with E-state index in [0.717, 1.165) is 57.0 Å². The van der Waals surface area contributed by atoms with Crippen molar-refractivity contribution in [2.45, 2.75) is 50.4 Å². The van der Waals surface area contributed by atoms with Gasteiger partial charge in [-0.1, -0.05) is 24.3 Å². The number of likely N-dealkylation sites (tertiary alicyclic amines) is 1. The molecule has 0 bridgehead atoms. The number of ether oxygens (including phenoxy) is 1. The number of fused-ring (bicyclic) bond motifs is 1. The van der Waals surface area contributed by atoms with Crippen molar-refractivity contribution in [1.29, 1.82) is 0 Å². The van der Waals surface area contributed by atoms with Crippen LogP contribution in [0.1, 0.15) is 32.1 Å². The second-order valence-corrected chi connectivity index (χ2v) is 9.92. The minimum Gasteiger partial charge on any atom is -0.488 e. The van der Waals surface area contributed by atoms with Crippen LogP contribution in [0.15, 0.2) is 36.4 Å². The lowest BCUT2D eigenvalue weighted by molar-refractivity contribution is -0.140. The van der Waals surface area contributed by atoms with Crippen LogP contribution in [-0.4, -0.2) is 89.4 Å². The highest BCUT2D eigenvalue weighted by Crippen LogP contribution is 2.36. The molecule has 2 N–H and O–H groups in total. The van der Waals surface area contributed by atoms with Gasteiger partial charge in [-0.2, -0.15) is 0 Å². The molecule has 2 heterocycles. The van der Waals surface area contributed by atoms with Crippen molar-refractivity contribution in [1.82, 2.24) is 9.80 Å². The van der Waals surface area contributed by atoms with Crippen molar-refractivity contribution in [3.05, 3.63) is 36.4 Å². The van der Waals surface area contributed by atoms with Crippen molar-refractivity contribution in [2.75, 3.05) is 44.2 Å². The first kappa shape index (κ1) is 23.3. The fourth-order valence-electron chi connectivity index (χ4n) is 5.85. The molecule has 1 saturated carbocycles. The van der Waals surface area contributed by atoms with Gasteiger partial charge in [0.2, 0.25) is 11.8 Å². The van der Waals surface area contributed by atoms with E-state index in [1.54, 1.807) is 0 Å². The summed E-state index contributed by atoms with van der Waals surface area (Å²) in [5, 5.41) is 20.3. The highest BCUT2D eigenvalue weighted by atomic mass is 16.5. The fraction of sp³-hybridized carbons (Fsp3) is 0.615. The zero-order valence-electron chi connectivity index (χ0n) is 19.6.